The Hall–Kier alpha value is -2.37. The van der Waals surface area contributed by atoms with Crippen molar-refractivity contribution in [1.29, 1.82) is 0 Å². The van der Waals surface area contributed by atoms with Crippen LogP contribution in [0.1, 0.15) is 49.0 Å². The van der Waals surface area contributed by atoms with Gasteiger partial charge in [0.25, 0.3) is 5.91 Å². The number of aryl methyl sites for hydroxylation is 1. The van der Waals surface area contributed by atoms with Gasteiger partial charge in [0.1, 0.15) is 0 Å². The SMILES string of the molecule is CNC(=O)c1ccc(C)c(NC(=O)C(=O)N[C@@H]2CCC[C@H](C)[C@@H]2C)c1. The molecule has 1 aromatic carbocycles. The van der Waals surface area contributed by atoms with Crippen molar-refractivity contribution in [2.75, 3.05) is 12.4 Å². The first-order valence-electron chi connectivity index (χ1n) is 8.78. The summed E-state index contributed by atoms with van der Waals surface area (Å²) in [6.07, 6.45) is 3.12. The van der Waals surface area contributed by atoms with Crippen LogP contribution in [0, 0.1) is 18.8 Å². The van der Waals surface area contributed by atoms with Gasteiger partial charge in [0.05, 0.1) is 0 Å². The van der Waals surface area contributed by atoms with Gasteiger partial charge in [-0.25, -0.2) is 0 Å². The molecule has 0 saturated heterocycles. The molecule has 1 saturated carbocycles. The Morgan fingerprint density at radius 1 is 1.08 bits per heavy atom. The Morgan fingerprint density at radius 3 is 2.48 bits per heavy atom. The minimum absolute atomic E-state index is 0.0281. The molecule has 3 amide bonds. The maximum Gasteiger partial charge on any atom is 0.313 e. The molecule has 0 spiro atoms. The number of benzene rings is 1. The van der Waals surface area contributed by atoms with Crippen LogP contribution in [0.25, 0.3) is 0 Å². The monoisotopic (exact) mass is 345 g/mol. The van der Waals surface area contributed by atoms with E-state index >= 15 is 0 Å². The summed E-state index contributed by atoms with van der Waals surface area (Å²) in [4.78, 5) is 36.2. The first-order valence-corrected chi connectivity index (χ1v) is 8.78. The molecule has 6 nitrogen and oxygen atoms in total. The lowest BCUT2D eigenvalue weighted by Gasteiger charge is -2.34. The standard InChI is InChI=1S/C19H27N3O3/c1-11-6-5-7-15(13(11)3)21-18(24)19(25)22-16-10-14(17(23)20-4)9-8-12(16)2/h8-11,13,15H,5-7H2,1-4H3,(H,20,23)(H,21,24)(H,22,25)/t11-,13-,15+/m0/s1. The molecule has 1 aliphatic carbocycles. The predicted octanol–water partition coefficient (Wildman–Crippen LogP) is 2.23. The minimum Gasteiger partial charge on any atom is -0.355 e. The summed E-state index contributed by atoms with van der Waals surface area (Å²) in [6, 6.07) is 5.02. The second-order valence-electron chi connectivity index (χ2n) is 6.91. The van der Waals surface area contributed by atoms with Crippen LogP contribution >= 0.6 is 0 Å². The van der Waals surface area contributed by atoms with Crippen LogP contribution in [0.15, 0.2) is 18.2 Å². The quantitative estimate of drug-likeness (QED) is 0.734. The van der Waals surface area contributed by atoms with E-state index in [2.05, 4.69) is 29.8 Å². The van der Waals surface area contributed by atoms with Gasteiger partial charge in [0.2, 0.25) is 0 Å². The molecule has 136 valence electrons. The van der Waals surface area contributed by atoms with Gasteiger partial charge in [0, 0.05) is 24.3 Å². The maximum absolute atomic E-state index is 12.3. The third-order valence-corrected chi connectivity index (χ3v) is 5.20. The summed E-state index contributed by atoms with van der Waals surface area (Å²) in [5.41, 5.74) is 1.68. The Labute approximate surface area is 148 Å². The molecule has 1 aromatic rings. The van der Waals surface area contributed by atoms with Gasteiger partial charge >= 0.3 is 11.8 Å². The molecule has 3 N–H and O–H groups in total. The van der Waals surface area contributed by atoms with Gasteiger partial charge in [-0.15, -0.1) is 0 Å². The van der Waals surface area contributed by atoms with Crippen molar-refractivity contribution < 1.29 is 14.4 Å². The molecule has 0 aliphatic heterocycles. The Kier molecular flexibility index (Phi) is 6.17. The molecule has 0 radical (unpaired) electrons. The molecule has 6 heteroatoms. The highest BCUT2D eigenvalue weighted by Crippen LogP contribution is 2.29. The number of hydrogen-bond donors (Lipinski definition) is 3. The van der Waals surface area contributed by atoms with E-state index in [4.69, 9.17) is 0 Å². The van der Waals surface area contributed by atoms with Gasteiger partial charge in [-0.3, -0.25) is 14.4 Å². The van der Waals surface area contributed by atoms with Crippen molar-refractivity contribution in [3.05, 3.63) is 29.3 Å². The van der Waals surface area contributed by atoms with E-state index in [1.807, 2.05) is 6.92 Å². The van der Waals surface area contributed by atoms with Gasteiger partial charge in [-0.05, 0) is 42.9 Å². The fourth-order valence-electron chi connectivity index (χ4n) is 3.24. The molecule has 0 aromatic heterocycles. The Balaban J connectivity index is 2.03. The fourth-order valence-corrected chi connectivity index (χ4v) is 3.24. The van der Waals surface area contributed by atoms with Gasteiger partial charge in [-0.1, -0.05) is 32.8 Å². The van der Waals surface area contributed by atoms with Gasteiger partial charge in [0.15, 0.2) is 0 Å². The topological polar surface area (TPSA) is 87.3 Å². The Morgan fingerprint density at radius 2 is 1.80 bits per heavy atom. The molecular weight excluding hydrogens is 318 g/mol. The number of carbonyl (C=O) groups is 3. The summed E-state index contributed by atoms with van der Waals surface area (Å²) in [7, 11) is 1.54. The number of amides is 3. The zero-order valence-electron chi connectivity index (χ0n) is 15.3. The largest absolute Gasteiger partial charge is 0.355 e. The van der Waals surface area contributed by atoms with Crippen molar-refractivity contribution in [2.24, 2.45) is 11.8 Å². The van der Waals surface area contributed by atoms with Crippen LogP contribution in [0.5, 0.6) is 0 Å². The summed E-state index contributed by atoms with van der Waals surface area (Å²) < 4.78 is 0. The lowest BCUT2D eigenvalue weighted by Crippen LogP contribution is -2.47. The van der Waals surface area contributed by atoms with Crippen molar-refractivity contribution in [3.8, 4) is 0 Å². The summed E-state index contributed by atoms with van der Waals surface area (Å²) >= 11 is 0. The van der Waals surface area contributed by atoms with Crippen molar-refractivity contribution in [3.63, 3.8) is 0 Å². The summed E-state index contributed by atoms with van der Waals surface area (Å²) in [6.45, 7) is 6.10. The first kappa shape index (κ1) is 19.0. The van der Waals surface area contributed by atoms with Crippen LogP contribution in [0.2, 0.25) is 0 Å². The number of nitrogens with one attached hydrogen (secondary N) is 3. The lowest BCUT2D eigenvalue weighted by molar-refractivity contribution is -0.137. The predicted molar refractivity (Wildman–Crippen MR) is 97.3 cm³/mol. The number of anilines is 1. The second-order valence-corrected chi connectivity index (χ2v) is 6.91. The van der Waals surface area contributed by atoms with Crippen molar-refractivity contribution in [1.82, 2.24) is 10.6 Å². The van der Waals surface area contributed by atoms with Crippen molar-refractivity contribution in [2.45, 2.75) is 46.1 Å². The van der Waals surface area contributed by atoms with Crippen molar-refractivity contribution >= 4 is 23.4 Å². The van der Waals surface area contributed by atoms with E-state index < -0.39 is 11.8 Å². The zero-order valence-corrected chi connectivity index (χ0v) is 15.3. The van der Waals surface area contributed by atoms with E-state index in [0.29, 0.717) is 23.1 Å². The maximum atomic E-state index is 12.3. The van der Waals surface area contributed by atoms with Crippen LogP contribution in [0.4, 0.5) is 5.69 Å². The van der Waals surface area contributed by atoms with E-state index in [1.165, 1.54) is 0 Å². The van der Waals surface area contributed by atoms with Crippen LogP contribution in [-0.2, 0) is 9.59 Å². The highest BCUT2D eigenvalue weighted by molar-refractivity contribution is 6.39. The number of hydrogen-bond acceptors (Lipinski definition) is 3. The molecular formula is C19H27N3O3. The highest BCUT2D eigenvalue weighted by Gasteiger charge is 2.29. The molecule has 0 bridgehead atoms. The van der Waals surface area contributed by atoms with Crippen LogP contribution < -0.4 is 16.0 Å². The number of rotatable bonds is 3. The molecule has 0 heterocycles. The van der Waals surface area contributed by atoms with Crippen LogP contribution in [0.3, 0.4) is 0 Å². The smallest absolute Gasteiger partial charge is 0.313 e. The molecule has 2 rings (SSSR count). The molecule has 1 fully saturated rings. The molecule has 25 heavy (non-hydrogen) atoms. The van der Waals surface area contributed by atoms with E-state index in [0.717, 1.165) is 24.8 Å². The summed E-state index contributed by atoms with van der Waals surface area (Å²) in [5, 5.41) is 8.01. The van der Waals surface area contributed by atoms with E-state index in [9.17, 15) is 14.4 Å². The average Bonchev–Trinajstić information content (AvgIpc) is 2.60. The third kappa shape index (κ3) is 4.59. The zero-order chi connectivity index (χ0) is 18.6. The van der Waals surface area contributed by atoms with Gasteiger partial charge < -0.3 is 16.0 Å². The average molecular weight is 345 g/mol. The van der Waals surface area contributed by atoms with Gasteiger partial charge in [-0.2, -0.15) is 0 Å². The molecule has 1 aliphatic rings. The highest BCUT2D eigenvalue weighted by atomic mass is 16.2. The molecule has 0 unspecified atom stereocenters. The lowest BCUT2D eigenvalue weighted by atomic mass is 9.78. The third-order valence-electron chi connectivity index (χ3n) is 5.20. The van der Waals surface area contributed by atoms with Crippen LogP contribution in [-0.4, -0.2) is 30.8 Å². The van der Waals surface area contributed by atoms with E-state index in [-0.39, 0.29) is 11.9 Å². The Bertz CT molecular complexity index is 672. The first-order chi connectivity index (χ1) is 11.8. The minimum atomic E-state index is -0.706. The summed E-state index contributed by atoms with van der Waals surface area (Å²) in [5.74, 6) is -0.694. The fraction of sp³-hybridized carbons (Fsp3) is 0.526. The molecule has 3 atom stereocenters. The van der Waals surface area contributed by atoms with E-state index in [1.54, 1.807) is 25.2 Å². The number of carbonyl (C=O) groups excluding carboxylic acids is 3. The normalized spacial score (nSPS) is 22.8. The second kappa shape index (κ2) is 8.14.